The predicted molar refractivity (Wildman–Crippen MR) is 88.9 cm³/mol. The summed E-state index contributed by atoms with van der Waals surface area (Å²) in [6.07, 6.45) is 0. The zero-order valence-electron chi connectivity index (χ0n) is 12.8. The number of nitrogens with zero attached hydrogens (tertiary/aromatic N) is 2. The Bertz CT molecular complexity index is 516. The SMILES string of the molecule is CCOC(=O)c1c(C)nc(C2CSC(C)C(C)S2)nc1N. The highest BCUT2D eigenvalue weighted by molar-refractivity contribution is 8.07. The lowest BCUT2D eigenvalue weighted by Gasteiger charge is -2.30. The first-order valence-electron chi connectivity index (χ1n) is 7.02. The van der Waals surface area contributed by atoms with Gasteiger partial charge in [0, 0.05) is 16.3 Å². The average Bonchev–Trinajstić information content (AvgIpc) is 2.41. The van der Waals surface area contributed by atoms with Crippen molar-refractivity contribution in [3.8, 4) is 0 Å². The lowest BCUT2D eigenvalue weighted by molar-refractivity contribution is 0.0525. The van der Waals surface area contributed by atoms with E-state index in [4.69, 9.17) is 10.5 Å². The summed E-state index contributed by atoms with van der Waals surface area (Å²) >= 11 is 3.80. The number of anilines is 1. The Morgan fingerprint density at radius 3 is 2.67 bits per heavy atom. The van der Waals surface area contributed by atoms with Gasteiger partial charge >= 0.3 is 5.97 Å². The van der Waals surface area contributed by atoms with Crippen molar-refractivity contribution in [2.24, 2.45) is 0 Å². The number of rotatable bonds is 3. The van der Waals surface area contributed by atoms with Crippen LogP contribution >= 0.6 is 23.5 Å². The second-order valence-electron chi connectivity index (χ2n) is 5.02. The number of aryl methyl sites for hydroxylation is 1. The van der Waals surface area contributed by atoms with E-state index in [-0.39, 0.29) is 16.6 Å². The summed E-state index contributed by atoms with van der Waals surface area (Å²) in [6, 6.07) is 0. The van der Waals surface area contributed by atoms with Crippen LogP contribution in [0.3, 0.4) is 0 Å². The number of nitrogen functional groups attached to an aromatic ring is 1. The molecule has 3 unspecified atom stereocenters. The number of carbonyl (C=O) groups excluding carboxylic acids is 1. The van der Waals surface area contributed by atoms with Gasteiger partial charge in [-0.2, -0.15) is 11.8 Å². The molecule has 0 radical (unpaired) electrons. The fourth-order valence-electron chi connectivity index (χ4n) is 2.14. The van der Waals surface area contributed by atoms with Crippen LogP contribution in [0.2, 0.25) is 0 Å². The number of ether oxygens (including phenoxy) is 1. The van der Waals surface area contributed by atoms with Gasteiger partial charge in [-0.15, -0.1) is 11.8 Å². The van der Waals surface area contributed by atoms with Crippen LogP contribution < -0.4 is 5.73 Å². The number of thioether (sulfide) groups is 2. The summed E-state index contributed by atoms with van der Waals surface area (Å²) in [4.78, 5) is 20.7. The highest BCUT2D eigenvalue weighted by Crippen LogP contribution is 2.43. The third-order valence-electron chi connectivity index (χ3n) is 3.45. The second-order valence-corrected chi connectivity index (χ2v) is 8.01. The van der Waals surface area contributed by atoms with Crippen LogP contribution in [0.5, 0.6) is 0 Å². The molecule has 2 heterocycles. The van der Waals surface area contributed by atoms with E-state index in [0.717, 1.165) is 5.75 Å². The molecule has 1 aliphatic heterocycles. The molecule has 2 N–H and O–H groups in total. The van der Waals surface area contributed by atoms with Gasteiger partial charge in [-0.3, -0.25) is 0 Å². The summed E-state index contributed by atoms with van der Waals surface area (Å²) < 4.78 is 5.00. The fraction of sp³-hybridized carbons (Fsp3) is 0.643. The third kappa shape index (κ3) is 3.63. The normalized spacial score (nSPS) is 25.6. The van der Waals surface area contributed by atoms with Crippen molar-refractivity contribution in [3.05, 3.63) is 17.1 Å². The lowest BCUT2D eigenvalue weighted by atomic mass is 10.2. The minimum absolute atomic E-state index is 0.216. The highest BCUT2D eigenvalue weighted by atomic mass is 32.2. The quantitative estimate of drug-likeness (QED) is 0.855. The van der Waals surface area contributed by atoms with E-state index in [1.807, 2.05) is 23.5 Å². The zero-order valence-corrected chi connectivity index (χ0v) is 14.4. The first-order chi connectivity index (χ1) is 9.93. The van der Waals surface area contributed by atoms with Gasteiger partial charge in [-0.05, 0) is 13.8 Å². The molecule has 1 aromatic heterocycles. The number of esters is 1. The van der Waals surface area contributed by atoms with E-state index in [2.05, 4.69) is 23.8 Å². The monoisotopic (exact) mass is 327 g/mol. The summed E-state index contributed by atoms with van der Waals surface area (Å²) in [5.74, 6) is 1.45. The maximum atomic E-state index is 11.9. The molecule has 1 aliphatic rings. The van der Waals surface area contributed by atoms with Crippen LogP contribution in [0, 0.1) is 6.92 Å². The minimum atomic E-state index is -0.452. The standard InChI is InChI=1S/C14H21N3O2S2/c1-5-19-14(18)11-7(2)16-13(17-12(11)15)10-6-20-8(3)9(4)21-10/h8-10H,5-6H2,1-4H3,(H2,15,16,17). The van der Waals surface area contributed by atoms with Crippen LogP contribution in [0.1, 0.15) is 47.9 Å². The van der Waals surface area contributed by atoms with Gasteiger partial charge in [0.1, 0.15) is 17.2 Å². The Balaban J connectivity index is 2.25. The van der Waals surface area contributed by atoms with E-state index in [9.17, 15) is 4.79 Å². The van der Waals surface area contributed by atoms with Crippen molar-refractivity contribution in [3.63, 3.8) is 0 Å². The third-order valence-corrected chi connectivity index (χ3v) is 6.84. The molecule has 0 spiro atoms. The summed E-state index contributed by atoms with van der Waals surface area (Å²) in [6.45, 7) is 8.31. The molecule has 0 saturated carbocycles. The molecule has 5 nitrogen and oxygen atoms in total. The van der Waals surface area contributed by atoms with Gasteiger partial charge in [0.2, 0.25) is 0 Å². The van der Waals surface area contributed by atoms with E-state index < -0.39 is 5.97 Å². The Morgan fingerprint density at radius 2 is 2.10 bits per heavy atom. The van der Waals surface area contributed by atoms with Crippen LogP contribution in [0.15, 0.2) is 0 Å². The molecule has 116 valence electrons. The van der Waals surface area contributed by atoms with Crippen molar-refractivity contribution in [2.45, 2.75) is 43.4 Å². The first-order valence-corrected chi connectivity index (χ1v) is 9.01. The summed E-state index contributed by atoms with van der Waals surface area (Å²) in [5, 5.41) is 1.39. The van der Waals surface area contributed by atoms with Crippen molar-refractivity contribution in [1.29, 1.82) is 0 Å². The first kappa shape index (κ1) is 16.4. The maximum absolute atomic E-state index is 11.9. The van der Waals surface area contributed by atoms with E-state index in [1.165, 1.54) is 0 Å². The Hall–Kier alpha value is -0.950. The molecule has 3 atom stereocenters. The fourth-order valence-corrected chi connectivity index (χ4v) is 4.98. The number of hydrogen-bond donors (Lipinski definition) is 1. The van der Waals surface area contributed by atoms with Gasteiger partial charge in [0.15, 0.2) is 0 Å². The van der Waals surface area contributed by atoms with Crippen molar-refractivity contribution < 1.29 is 9.53 Å². The molecule has 2 rings (SSSR count). The van der Waals surface area contributed by atoms with Gasteiger partial charge in [0.05, 0.1) is 17.6 Å². The number of carbonyl (C=O) groups is 1. The van der Waals surface area contributed by atoms with Gasteiger partial charge < -0.3 is 10.5 Å². The number of nitrogens with two attached hydrogens (primary N) is 1. The topological polar surface area (TPSA) is 78.1 Å². The molecule has 1 fully saturated rings. The summed E-state index contributed by atoms with van der Waals surface area (Å²) in [7, 11) is 0. The van der Waals surface area contributed by atoms with Gasteiger partial charge in [0.25, 0.3) is 0 Å². The van der Waals surface area contributed by atoms with Crippen molar-refractivity contribution in [1.82, 2.24) is 9.97 Å². The molecule has 1 saturated heterocycles. The molecule has 0 aliphatic carbocycles. The van der Waals surface area contributed by atoms with Crippen molar-refractivity contribution >= 4 is 35.3 Å². The second kappa shape index (κ2) is 6.87. The Labute approximate surface area is 133 Å². The molecule has 0 bridgehead atoms. The summed E-state index contributed by atoms with van der Waals surface area (Å²) in [5.41, 5.74) is 6.83. The molecule has 7 heteroatoms. The van der Waals surface area contributed by atoms with Crippen LogP contribution in [0.25, 0.3) is 0 Å². The van der Waals surface area contributed by atoms with Crippen molar-refractivity contribution in [2.75, 3.05) is 18.1 Å². The smallest absolute Gasteiger partial charge is 0.343 e. The highest BCUT2D eigenvalue weighted by Gasteiger charge is 2.30. The van der Waals surface area contributed by atoms with Gasteiger partial charge in [-0.1, -0.05) is 13.8 Å². The largest absolute Gasteiger partial charge is 0.462 e. The lowest BCUT2D eigenvalue weighted by Crippen LogP contribution is -2.24. The molecule has 0 amide bonds. The molecule has 21 heavy (non-hydrogen) atoms. The molecule has 1 aromatic rings. The Kier molecular flexibility index (Phi) is 5.37. The van der Waals surface area contributed by atoms with Crippen LogP contribution in [-0.4, -0.2) is 38.8 Å². The minimum Gasteiger partial charge on any atom is -0.462 e. The average molecular weight is 327 g/mol. The number of aromatic nitrogens is 2. The predicted octanol–water partition coefficient (Wildman–Crippen LogP) is 2.84. The maximum Gasteiger partial charge on any atom is 0.343 e. The van der Waals surface area contributed by atoms with E-state index in [1.54, 1.807) is 13.8 Å². The number of hydrogen-bond acceptors (Lipinski definition) is 7. The van der Waals surface area contributed by atoms with Gasteiger partial charge in [-0.25, -0.2) is 14.8 Å². The molecule has 0 aromatic carbocycles. The van der Waals surface area contributed by atoms with E-state index in [0.29, 0.717) is 28.6 Å². The molecular weight excluding hydrogens is 306 g/mol. The molecular formula is C14H21N3O2S2. The Morgan fingerprint density at radius 1 is 1.38 bits per heavy atom. The van der Waals surface area contributed by atoms with E-state index >= 15 is 0 Å². The van der Waals surface area contributed by atoms with Crippen LogP contribution in [-0.2, 0) is 4.74 Å². The zero-order chi connectivity index (χ0) is 15.6. The van der Waals surface area contributed by atoms with Crippen LogP contribution in [0.4, 0.5) is 5.82 Å².